The minimum absolute atomic E-state index is 0.0127. The van der Waals surface area contributed by atoms with E-state index in [-0.39, 0.29) is 42.1 Å². The summed E-state index contributed by atoms with van der Waals surface area (Å²) >= 11 is 3.70. The van der Waals surface area contributed by atoms with Crippen molar-refractivity contribution >= 4 is 29.2 Å². The predicted octanol–water partition coefficient (Wildman–Crippen LogP) is 14.1. The molecule has 2 aromatic rings. The first-order chi connectivity index (χ1) is 30.0. The third-order valence-electron chi connectivity index (χ3n) is 13.0. The normalized spacial score (nSPS) is 23.5. The quantitative estimate of drug-likeness (QED) is 0.0325. The van der Waals surface area contributed by atoms with Crippen LogP contribution in [0.1, 0.15) is 160 Å². The molecule has 3 aliphatic rings. The van der Waals surface area contributed by atoms with E-state index in [0.717, 1.165) is 79.2 Å². The van der Waals surface area contributed by atoms with Crippen LogP contribution in [0.4, 0.5) is 0 Å². The van der Waals surface area contributed by atoms with Crippen molar-refractivity contribution in [3.8, 4) is 17.2 Å². The molecule has 1 fully saturated rings. The summed E-state index contributed by atoms with van der Waals surface area (Å²) in [4.78, 5) is 7.10. The Morgan fingerprint density at radius 1 is 0.803 bits per heavy atom. The van der Waals surface area contributed by atoms with E-state index in [1.54, 1.807) is 11.8 Å². The Morgan fingerprint density at radius 2 is 1.44 bits per heavy atom. The zero-order chi connectivity index (χ0) is 43.1. The number of aliphatic hydroxyl groups is 2. The van der Waals surface area contributed by atoms with E-state index in [2.05, 4.69) is 50.1 Å². The van der Waals surface area contributed by atoms with Crippen LogP contribution in [0.2, 0.25) is 0 Å². The first-order valence-corrected chi connectivity index (χ1v) is 26.4. The van der Waals surface area contributed by atoms with Crippen molar-refractivity contribution in [2.75, 3.05) is 38.4 Å². The molecular formula is C52H79NO6S2. The maximum Gasteiger partial charge on any atom is 0.230 e. The molecule has 0 spiro atoms. The van der Waals surface area contributed by atoms with Gasteiger partial charge in [0.25, 0.3) is 0 Å². The van der Waals surface area contributed by atoms with Gasteiger partial charge in [0.1, 0.15) is 23.9 Å². The van der Waals surface area contributed by atoms with Gasteiger partial charge in [-0.3, -0.25) is 0 Å². The molecule has 6 atom stereocenters. The summed E-state index contributed by atoms with van der Waals surface area (Å²) < 4.78 is 21.0. The molecule has 9 heteroatoms. The minimum Gasteiger partial charge on any atom is -0.460 e. The zero-order valence-electron chi connectivity index (χ0n) is 38.0. The third-order valence-corrected chi connectivity index (χ3v) is 15.2. The molecule has 0 amide bonds. The third kappa shape index (κ3) is 14.3. The topological polar surface area (TPSA) is 89.7 Å². The Kier molecular flexibility index (Phi) is 22.5. The summed E-state index contributed by atoms with van der Waals surface area (Å²) in [5.41, 5.74) is 3.32. The molecule has 0 aromatic heterocycles. The summed E-state index contributed by atoms with van der Waals surface area (Å²) in [6.07, 6.45) is 31.3. The van der Waals surface area contributed by atoms with Crippen molar-refractivity contribution in [3.05, 3.63) is 72.3 Å². The average molecular weight is 878 g/mol. The fourth-order valence-corrected chi connectivity index (χ4v) is 11.8. The number of benzene rings is 2. The maximum absolute atomic E-state index is 9.95. The molecule has 2 N–H and O–H groups in total. The molecule has 1 saturated carbocycles. The Labute approximate surface area is 378 Å². The van der Waals surface area contributed by atoms with Gasteiger partial charge in [0.2, 0.25) is 5.79 Å². The van der Waals surface area contributed by atoms with Crippen molar-refractivity contribution in [1.29, 1.82) is 0 Å². The molecule has 2 aliphatic carbocycles. The van der Waals surface area contributed by atoms with Crippen LogP contribution < -0.4 is 9.47 Å². The number of fused-ring (bicyclic) bond motifs is 2. The highest BCUT2D eigenvalue weighted by Gasteiger charge is 2.64. The van der Waals surface area contributed by atoms with Gasteiger partial charge in [0, 0.05) is 36.0 Å². The van der Waals surface area contributed by atoms with Gasteiger partial charge in [0.15, 0.2) is 0 Å². The smallest absolute Gasteiger partial charge is 0.230 e. The number of thioether (sulfide) groups is 2. The van der Waals surface area contributed by atoms with E-state index in [1.165, 1.54) is 93.9 Å². The highest BCUT2D eigenvalue weighted by atomic mass is 32.2. The highest BCUT2D eigenvalue weighted by molar-refractivity contribution is 8.00. The second-order valence-electron chi connectivity index (χ2n) is 17.4. The largest absolute Gasteiger partial charge is 0.460 e. The maximum atomic E-state index is 9.95. The van der Waals surface area contributed by atoms with Crippen LogP contribution in [0.15, 0.2) is 76.8 Å². The lowest BCUT2D eigenvalue weighted by Gasteiger charge is -2.58. The molecule has 0 unspecified atom stereocenters. The second-order valence-corrected chi connectivity index (χ2v) is 19.6. The van der Waals surface area contributed by atoms with Crippen molar-refractivity contribution in [2.24, 2.45) is 22.9 Å². The van der Waals surface area contributed by atoms with Crippen molar-refractivity contribution in [2.45, 2.75) is 171 Å². The van der Waals surface area contributed by atoms with Crippen molar-refractivity contribution < 1.29 is 29.3 Å². The fraction of sp³-hybridized carbons (Fsp3) is 0.673. The highest BCUT2D eigenvalue weighted by Crippen LogP contribution is 2.62. The van der Waals surface area contributed by atoms with Crippen molar-refractivity contribution in [3.63, 3.8) is 0 Å². The van der Waals surface area contributed by atoms with E-state index < -0.39 is 5.79 Å². The SMILES string of the molecule is C=CCO[C@@]12Oc3ccc(Oc4ccc(SC)cc4)cc3[C@H]3[C@H](CCCCO)[C@@H](CCCCO)C=C(C(=NOCC)C[C@@H]1SCCCCCCCCCCCCCCCC)[C@H]32. The molecule has 0 bridgehead atoms. The molecule has 61 heavy (non-hydrogen) atoms. The number of aliphatic hydroxyl groups excluding tert-OH is 2. The summed E-state index contributed by atoms with van der Waals surface area (Å²) in [6.45, 7) is 9.63. The van der Waals surface area contributed by atoms with Gasteiger partial charge in [-0.05, 0) is 111 Å². The summed E-state index contributed by atoms with van der Waals surface area (Å²) in [6, 6.07) is 14.6. The van der Waals surface area contributed by atoms with E-state index in [4.69, 9.17) is 24.2 Å². The summed E-state index contributed by atoms with van der Waals surface area (Å²) in [5.74, 6) is 2.94. The van der Waals surface area contributed by atoms with Crippen LogP contribution in [0.5, 0.6) is 17.2 Å². The van der Waals surface area contributed by atoms with Gasteiger partial charge < -0.3 is 29.3 Å². The molecule has 5 rings (SSSR count). The predicted molar refractivity (Wildman–Crippen MR) is 258 cm³/mol. The van der Waals surface area contributed by atoms with Gasteiger partial charge in [-0.2, -0.15) is 11.8 Å². The standard InChI is InChI=1S/C52H79NO6S2/c1-5-8-9-10-11-12-13-14-15-16-17-18-19-24-36-61-49-39-47(53-57-7-3)45-37-40(25-20-22-33-54)44(26-21-23-34-55)50-46-38-42(58-41-27-30-43(60-4)31-28-41)29-32-48(46)59-52(49,51(45)50)56-35-6-2/h6,27-32,37-38,40,44,49-51,54-55H,2,5,7-26,33-36,39H2,1,3-4H3/t40-,44+,49-,50+,51+,52+/m0/s1. The minimum atomic E-state index is -0.940. The number of unbranched alkanes of at least 4 members (excludes halogenated alkanes) is 15. The number of oxime groups is 1. The van der Waals surface area contributed by atoms with Crippen LogP contribution in [-0.2, 0) is 9.57 Å². The van der Waals surface area contributed by atoms with Gasteiger partial charge in [-0.15, -0.1) is 18.3 Å². The molecule has 1 heterocycles. The Bertz CT molecular complexity index is 1620. The van der Waals surface area contributed by atoms with Crippen molar-refractivity contribution in [1.82, 2.24) is 0 Å². The number of hydrogen-bond acceptors (Lipinski definition) is 9. The van der Waals surface area contributed by atoms with Crippen LogP contribution in [-0.4, -0.2) is 65.4 Å². The lowest BCUT2D eigenvalue weighted by Crippen LogP contribution is -2.64. The lowest BCUT2D eigenvalue weighted by molar-refractivity contribution is -0.223. The Morgan fingerprint density at radius 3 is 2.07 bits per heavy atom. The first kappa shape index (κ1) is 49.6. The fourth-order valence-electron chi connectivity index (χ4n) is 9.98. The van der Waals surface area contributed by atoms with Crippen LogP contribution in [0.3, 0.4) is 0 Å². The van der Waals surface area contributed by atoms with Crippen LogP contribution in [0.25, 0.3) is 0 Å². The van der Waals surface area contributed by atoms with E-state index in [9.17, 15) is 10.2 Å². The molecule has 340 valence electrons. The average Bonchev–Trinajstić information content (AvgIpc) is 3.28. The molecule has 2 aromatic carbocycles. The molecule has 7 nitrogen and oxygen atoms in total. The monoisotopic (exact) mass is 878 g/mol. The second kappa shape index (κ2) is 27.7. The summed E-state index contributed by atoms with van der Waals surface area (Å²) in [7, 11) is 0. The molecule has 0 radical (unpaired) electrons. The molecular weight excluding hydrogens is 799 g/mol. The number of rotatable bonds is 32. The first-order valence-electron chi connectivity index (χ1n) is 24.2. The molecule has 1 aliphatic heterocycles. The van der Waals surface area contributed by atoms with Crippen LogP contribution in [0, 0.1) is 17.8 Å². The van der Waals surface area contributed by atoms with Gasteiger partial charge in [-0.1, -0.05) is 121 Å². The number of allylic oxidation sites excluding steroid dienone is 1. The van der Waals surface area contributed by atoms with E-state index in [1.807, 2.05) is 43.0 Å². The van der Waals surface area contributed by atoms with Gasteiger partial charge >= 0.3 is 0 Å². The Balaban J connectivity index is 1.41. The van der Waals surface area contributed by atoms with Crippen LogP contribution >= 0.6 is 23.5 Å². The Hall–Kier alpha value is -2.43. The zero-order valence-corrected chi connectivity index (χ0v) is 39.6. The van der Waals surface area contributed by atoms with E-state index >= 15 is 0 Å². The van der Waals surface area contributed by atoms with Gasteiger partial charge in [-0.25, -0.2) is 0 Å². The van der Waals surface area contributed by atoms with E-state index in [0.29, 0.717) is 19.6 Å². The number of nitrogens with zero attached hydrogens (tertiary/aromatic N) is 1. The summed E-state index contributed by atoms with van der Waals surface area (Å²) in [5, 5.41) is 24.6. The number of hydrogen-bond donors (Lipinski definition) is 2. The lowest BCUT2D eigenvalue weighted by atomic mass is 9.56. The molecule has 0 saturated heterocycles. The van der Waals surface area contributed by atoms with Gasteiger partial charge in [0.05, 0.1) is 23.5 Å². The number of ether oxygens (including phenoxy) is 3.